The Bertz CT molecular complexity index is 3240. The second kappa shape index (κ2) is 22.6. The summed E-state index contributed by atoms with van der Waals surface area (Å²) in [6, 6.07) is -0.306. The highest BCUT2D eigenvalue weighted by atomic mass is 19.4. The Morgan fingerprint density at radius 1 is 0.642 bits per heavy atom. The van der Waals surface area contributed by atoms with Crippen LogP contribution in [0.2, 0.25) is 0 Å². The zero-order chi connectivity index (χ0) is 57.6. The third-order valence-electron chi connectivity index (χ3n) is 15.9. The summed E-state index contributed by atoms with van der Waals surface area (Å²) in [5, 5.41) is 31.0. The van der Waals surface area contributed by atoms with Crippen LogP contribution in [0, 0.1) is 29.6 Å². The van der Waals surface area contributed by atoms with E-state index in [9.17, 15) is 63.1 Å². The lowest BCUT2D eigenvalue weighted by Crippen LogP contribution is -2.38. The molecule has 4 fully saturated rings. The van der Waals surface area contributed by atoms with Crippen LogP contribution in [0.4, 0.5) is 43.9 Å². The molecule has 0 bridgehead atoms. The summed E-state index contributed by atoms with van der Waals surface area (Å²) in [6.45, 7) is 1.79. The lowest BCUT2D eigenvalue weighted by Gasteiger charge is -2.33. The van der Waals surface area contributed by atoms with Crippen LogP contribution in [0.3, 0.4) is 0 Å². The Balaban J connectivity index is 0.838. The number of alkyl halides is 10. The molecule has 10 rings (SSSR count). The molecule has 0 radical (unpaired) electrons. The number of hydrogen-bond acceptors (Lipinski definition) is 13. The highest BCUT2D eigenvalue weighted by Gasteiger charge is 2.46. The minimum atomic E-state index is -5.03. The number of halogens is 10. The van der Waals surface area contributed by atoms with Crippen LogP contribution in [-0.4, -0.2) is 92.5 Å². The number of rotatable bonds is 21. The molecule has 6 aromatic rings. The van der Waals surface area contributed by atoms with Gasteiger partial charge in [-0.1, -0.05) is 17.2 Å². The zero-order valence-corrected chi connectivity index (χ0v) is 43.5. The van der Waals surface area contributed by atoms with Gasteiger partial charge in [-0.05, 0) is 110 Å². The largest absolute Gasteiger partial charge is 0.392 e. The van der Waals surface area contributed by atoms with E-state index in [0.717, 1.165) is 0 Å². The van der Waals surface area contributed by atoms with Gasteiger partial charge >= 0.3 is 12.4 Å². The molecular weight excluding hydrogens is 1090 g/mol. The third-order valence-corrected chi connectivity index (χ3v) is 15.9. The first-order valence-corrected chi connectivity index (χ1v) is 26.9. The van der Waals surface area contributed by atoms with Gasteiger partial charge in [0.15, 0.2) is 17.0 Å². The molecule has 4 aliphatic carbocycles. The zero-order valence-electron chi connectivity index (χ0n) is 43.5. The number of nitrogens with zero attached hydrogens (tertiary/aromatic N) is 9. The van der Waals surface area contributed by atoms with E-state index in [1.165, 1.54) is 33.9 Å². The summed E-state index contributed by atoms with van der Waals surface area (Å²) in [6.07, 6.45) is -5.67. The molecule has 1 unspecified atom stereocenters. The number of hydrogen-bond donors (Lipinski definition) is 4. The molecule has 0 spiro atoms. The van der Waals surface area contributed by atoms with Gasteiger partial charge in [-0.15, -0.1) is 0 Å². The molecule has 6 heterocycles. The molecule has 6 aromatic heterocycles. The molecule has 0 saturated heterocycles. The summed E-state index contributed by atoms with van der Waals surface area (Å²) in [7, 11) is 0. The van der Waals surface area contributed by atoms with Crippen LogP contribution in [0.5, 0.6) is 0 Å². The Hall–Kier alpha value is -7.23. The molecule has 5 atom stereocenters. The number of imidazole rings is 2. The van der Waals surface area contributed by atoms with Crippen molar-refractivity contribution in [3.63, 3.8) is 0 Å². The monoisotopic (exact) mass is 1150 g/mol. The van der Waals surface area contributed by atoms with Crippen molar-refractivity contribution in [3.05, 3.63) is 88.3 Å². The van der Waals surface area contributed by atoms with Crippen LogP contribution >= 0.6 is 0 Å². The van der Waals surface area contributed by atoms with Crippen molar-refractivity contribution in [2.45, 2.75) is 164 Å². The van der Waals surface area contributed by atoms with Crippen LogP contribution in [0.25, 0.3) is 11.3 Å². The van der Waals surface area contributed by atoms with Crippen LogP contribution in [0.15, 0.2) is 52.3 Å². The smallest absolute Gasteiger partial charge is 0.364 e. The van der Waals surface area contributed by atoms with Crippen molar-refractivity contribution < 1.29 is 72.2 Å². The molecule has 436 valence electrons. The lowest BCUT2D eigenvalue weighted by molar-refractivity contribution is -0.179. The van der Waals surface area contributed by atoms with E-state index in [0.29, 0.717) is 54.6 Å². The maximum absolute atomic E-state index is 15.0. The fourth-order valence-electron chi connectivity index (χ4n) is 11.1. The van der Waals surface area contributed by atoms with Crippen molar-refractivity contribution in [2.24, 2.45) is 29.6 Å². The van der Waals surface area contributed by atoms with E-state index in [1.54, 1.807) is 25.3 Å². The number of fused-ring (bicyclic) bond motifs is 2. The Labute approximate surface area is 454 Å². The van der Waals surface area contributed by atoms with Crippen molar-refractivity contribution in [1.29, 1.82) is 0 Å². The van der Waals surface area contributed by atoms with Crippen molar-refractivity contribution in [2.75, 3.05) is 0 Å². The number of carbonyl (C=O) groups excluding carboxylic acids is 4. The molecule has 4 N–H and O–H groups in total. The standard InChI is InChI=1S/C52H57F10N13O6/c1-2-34-33(25-80-71-34)47(78)69-44(28-7-12-49(53,54)13-8-28)36-23-74-39(65-36)18-31(22-64-74)43(27-5-6-27)68-41(77)20-32(52(60,61)62)19-35-46(73-81-72-35)48(79)70-45(29-9-14-50(55,56)15-10-29)37-24-75-38(66-37)17-30(21-63-75)42(26-3-4-26)67-40(76)11-16-51(57,58)59/h17-18,21-29,32,42-45H,2-16,19-20H2,1H3,(H,67,76)(H,68,77)(H,69,78)(H,70,79)/t32?,42-,43-,44+,45+/m1/s1. The van der Waals surface area contributed by atoms with E-state index in [2.05, 4.69) is 51.9 Å². The first-order valence-electron chi connectivity index (χ1n) is 26.9. The number of nitrogens with one attached hydrogen (secondary N) is 4. The van der Waals surface area contributed by atoms with Gasteiger partial charge in [0.05, 0.1) is 78.4 Å². The summed E-state index contributed by atoms with van der Waals surface area (Å²) in [4.78, 5) is 63.3. The van der Waals surface area contributed by atoms with Gasteiger partial charge in [0.25, 0.3) is 11.8 Å². The second-order valence-corrected chi connectivity index (χ2v) is 21.9. The highest BCUT2D eigenvalue weighted by Crippen LogP contribution is 2.46. The van der Waals surface area contributed by atoms with E-state index in [1.807, 2.05) is 0 Å². The molecule has 81 heavy (non-hydrogen) atoms. The summed E-state index contributed by atoms with van der Waals surface area (Å²) in [5.41, 5.74) is 1.12. The van der Waals surface area contributed by atoms with Crippen LogP contribution in [0.1, 0.15) is 182 Å². The Morgan fingerprint density at radius 2 is 1.14 bits per heavy atom. The average molecular weight is 1150 g/mol. The maximum Gasteiger partial charge on any atom is 0.392 e. The van der Waals surface area contributed by atoms with Crippen molar-refractivity contribution in [1.82, 2.24) is 65.9 Å². The Morgan fingerprint density at radius 3 is 1.62 bits per heavy atom. The highest BCUT2D eigenvalue weighted by molar-refractivity contribution is 5.95. The number of amides is 4. The first-order chi connectivity index (χ1) is 38.4. The summed E-state index contributed by atoms with van der Waals surface area (Å²) < 4.78 is 154. The predicted octanol–water partition coefficient (Wildman–Crippen LogP) is 9.59. The van der Waals surface area contributed by atoms with E-state index in [-0.39, 0.29) is 60.1 Å². The van der Waals surface area contributed by atoms with Crippen LogP contribution in [-0.2, 0) is 22.4 Å². The number of aryl methyl sites for hydroxylation is 1. The minimum Gasteiger partial charge on any atom is -0.364 e. The van der Waals surface area contributed by atoms with Gasteiger partial charge in [0.1, 0.15) is 17.5 Å². The van der Waals surface area contributed by atoms with Crippen molar-refractivity contribution >= 4 is 34.9 Å². The quantitative estimate of drug-likeness (QED) is 0.0492. The fourth-order valence-corrected chi connectivity index (χ4v) is 11.1. The lowest BCUT2D eigenvalue weighted by atomic mass is 9.81. The fraction of sp³-hybridized carbons (Fsp3) is 0.596. The molecule has 0 aliphatic heterocycles. The minimum absolute atomic E-state index is 0.0779. The average Bonchev–Trinajstić information content (AvgIpc) is 4.44. The number of carbonyl (C=O) groups is 4. The topological polar surface area (TPSA) is 242 Å². The van der Waals surface area contributed by atoms with Gasteiger partial charge in [-0.2, -0.15) is 36.5 Å². The molecule has 0 aromatic carbocycles. The second-order valence-electron chi connectivity index (χ2n) is 21.9. The van der Waals surface area contributed by atoms with Gasteiger partial charge < -0.3 is 25.8 Å². The molecule has 19 nitrogen and oxygen atoms in total. The van der Waals surface area contributed by atoms with E-state index >= 15 is 0 Å². The molecular formula is C52H57F10N13O6. The molecule has 29 heteroatoms. The molecule has 4 amide bonds. The summed E-state index contributed by atoms with van der Waals surface area (Å²) >= 11 is 0. The first kappa shape index (κ1) is 57.0. The van der Waals surface area contributed by atoms with Crippen LogP contribution < -0.4 is 21.3 Å². The molecule has 4 saturated carbocycles. The van der Waals surface area contributed by atoms with Gasteiger partial charge in [0.2, 0.25) is 23.7 Å². The van der Waals surface area contributed by atoms with E-state index < -0.39 is 153 Å². The Kier molecular flexibility index (Phi) is 15.9. The normalized spacial score (nSPS) is 19.9. The van der Waals surface area contributed by atoms with Gasteiger partial charge in [0, 0.05) is 44.9 Å². The predicted molar refractivity (Wildman–Crippen MR) is 261 cm³/mol. The SMILES string of the molecule is CCc1nocc1C(=O)N[C@H](c1cn2ncc([C@H](NC(=O)CC(Cc3nonc3C(=O)N[C@H](c3cn4ncc([C@H](NC(=O)CCC(F)(F)F)C5CC5)cc4n3)C3CCC(F)(F)CC3)C(F)(F)F)C3CC3)cc2n1)C1CCC(F)(F)CC1. The summed E-state index contributed by atoms with van der Waals surface area (Å²) in [5.74, 6) is -13.1. The van der Waals surface area contributed by atoms with Crippen molar-refractivity contribution in [3.8, 4) is 0 Å². The number of aromatic nitrogens is 9. The maximum atomic E-state index is 15.0. The van der Waals surface area contributed by atoms with Gasteiger partial charge in [-0.25, -0.2) is 41.2 Å². The van der Waals surface area contributed by atoms with E-state index in [4.69, 9.17) is 14.1 Å². The molecule has 4 aliphatic rings. The van der Waals surface area contributed by atoms with Gasteiger partial charge in [-0.3, -0.25) is 19.2 Å². The third kappa shape index (κ3) is 13.8.